The Labute approximate surface area is 149 Å². The second-order valence-corrected chi connectivity index (χ2v) is 6.49. The molecule has 0 heterocycles. The molecule has 0 fully saturated rings. The van der Waals surface area contributed by atoms with E-state index in [0.29, 0.717) is 12.3 Å². The number of hydrogen-bond donors (Lipinski definition) is 2. The predicted octanol–water partition coefficient (Wildman–Crippen LogP) is 2.78. The summed E-state index contributed by atoms with van der Waals surface area (Å²) in [6.07, 6.45) is 0. The molecule has 0 saturated heterocycles. The summed E-state index contributed by atoms with van der Waals surface area (Å²) >= 11 is 1.62. The van der Waals surface area contributed by atoms with E-state index in [2.05, 4.69) is 5.32 Å². The van der Waals surface area contributed by atoms with Crippen molar-refractivity contribution in [3.05, 3.63) is 59.4 Å². The molecule has 132 valence electrons. The fraction of sp³-hybridized carbons (Fsp3) is 0.222. The molecule has 25 heavy (non-hydrogen) atoms. The molecule has 2 rings (SSSR count). The van der Waals surface area contributed by atoms with Gasteiger partial charge in [-0.05, 0) is 37.3 Å². The van der Waals surface area contributed by atoms with Gasteiger partial charge >= 0.3 is 5.97 Å². The molecule has 7 heteroatoms. The molecule has 0 aliphatic carbocycles. The zero-order chi connectivity index (χ0) is 18.2. The number of benzene rings is 2. The number of aryl methyl sites for hydroxylation is 1. The number of thioether (sulfide) groups is 1. The first kappa shape index (κ1) is 18.8. The summed E-state index contributed by atoms with van der Waals surface area (Å²) in [7, 11) is 0. The third-order valence-corrected chi connectivity index (χ3v) is 4.30. The van der Waals surface area contributed by atoms with E-state index in [-0.39, 0.29) is 11.3 Å². The van der Waals surface area contributed by atoms with E-state index in [1.807, 2.05) is 31.2 Å². The molecular formula is C18H19FN2O3S. The normalized spacial score (nSPS) is 10.3. The molecule has 5 nitrogen and oxygen atoms in total. The smallest absolute Gasteiger partial charge is 0.340 e. The lowest BCUT2D eigenvalue weighted by Crippen LogP contribution is -2.30. The SMILES string of the molecule is Cc1ccc(SCCNC(=O)COC(=O)c2ccc(F)cc2N)cc1. The van der Waals surface area contributed by atoms with Crippen LogP contribution >= 0.6 is 11.8 Å². The molecule has 0 atom stereocenters. The third kappa shape index (κ3) is 6.11. The number of ether oxygens (including phenoxy) is 1. The van der Waals surface area contributed by atoms with Crippen LogP contribution in [0, 0.1) is 12.7 Å². The van der Waals surface area contributed by atoms with Crippen molar-refractivity contribution in [1.82, 2.24) is 5.32 Å². The first-order valence-corrected chi connectivity index (χ1v) is 8.62. The first-order chi connectivity index (χ1) is 12.0. The number of nitrogens with two attached hydrogens (primary N) is 1. The van der Waals surface area contributed by atoms with Gasteiger partial charge in [0.1, 0.15) is 5.82 Å². The number of amides is 1. The molecule has 0 aromatic heterocycles. The minimum atomic E-state index is -0.762. The molecule has 0 saturated carbocycles. The minimum absolute atomic E-state index is 0.0279. The summed E-state index contributed by atoms with van der Waals surface area (Å²) in [6.45, 7) is 2.06. The highest BCUT2D eigenvalue weighted by Gasteiger charge is 2.13. The van der Waals surface area contributed by atoms with Crippen LogP contribution in [0.3, 0.4) is 0 Å². The van der Waals surface area contributed by atoms with Crippen LogP contribution in [-0.2, 0) is 9.53 Å². The summed E-state index contributed by atoms with van der Waals surface area (Å²) in [6, 6.07) is 11.5. The second kappa shape index (κ2) is 9.08. The van der Waals surface area contributed by atoms with Crippen LogP contribution in [0.1, 0.15) is 15.9 Å². The number of nitrogens with one attached hydrogen (secondary N) is 1. The van der Waals surface area contributed by atoms with E-state index in [1.54, 1.807) is 11.8 Å². The molecule has 3 N–H and O–H groups in total. The van der Waals surface area contributed by atoms with Gasteiger partial charge in [0.15, 0.2) is 6.61 Å². The van der Waals surface area contributed by atoms with Crippen molar-refractivity contribution < 1.29 is 18.7 Å². The van der Waals surface area contributed by atoms with E-state index in [1.165, 1.54) is 11.6 Å². The van der Waals surface area contributed by atoms with Crippen molar-refractivity contribution in [1.29, 1.82) is 0 Å². The molecule has 0 unspecified atom stereocenters. The highest BCUT2D eigenvalue weighted by Crippen LogP contribution is 2.17. The number of hydrogen-bond acceptors (Lipinski definition) is 5. The van der Waals surface area contributed by atoms with E-state index >= 15 is 0 Å². The van der Waals surface area contributed by atoms with E-state index in [4.69, 9.17) is 10.5 Å². The van der Waals surface area contributed by atoms with Crippen molar-refractivity contribution in [2.24, 2.45) is 0 Å². The van der Waals surface area contributed by atoms with Crippen LogP contribution < -0.4 is 11.1 Å². The molecule has 0 radical (unpaired) electrons. The molecule has 0 spiro atoms. The van der Waals surface area contributed by atoms with Gasteiger partial charge in [-0.3, -0.25) is 4.79 Å². The first-order valence-electron chi connectivity index (χ1n) is 7.64. The molecule has 2 aromatic carbocycles. The average Bonchev–Trinajstić information content (AvgIpc) is 2.58. The summed E-state index contributed by atoms with van der Waals surface area (Å²) in [5, 5.41) is 2.67. The molecule has 1 amide bonds. The fourth-order valence-corrected chi connectivity index (χ4v) is 2.74. The summed E-state index contributed by atoms with van der Waals surface area (Å²) < 4.78 is 17.8. The van der Waals surface area contributed by atoms with Crippen molar-refractivity contribution in [2.75, 3.05) is 24.6 Å². The Hall–Kier alpha value is -2.54. The van der Waals surface area contributed by atoms with Crippen LogP contribution in [-0.4, -0.2) is 30.8 Å². The topological polar surface area (TPSA) is 81.4 Å². The standard InChI is InChI=1S/C18H19FN2O3S/c1-12-2-5-14(6-3-12)25-9-8-21-17(22)11-24-18(23)15-7-4-13(19)10-16(15)20/h2-7,10H,8-9,11,20H2,1H3,(H,21,22). The highest BCUT2D eigenvalue weighted by molar-refractivity contribution is 7.99. The lowest BCUT2D eigenvalue weighted by molar-refractivity contribution is -0.124. The number of halogens is 1. The summed E-state index contributed by atoms with van der Waals surface area (Å²) in [5.41, 5.74) is 6.75. The largest absolute Gasteiger partial charge is 0.452 e. The maximum atomic E-state index is 12.9. The minimum Gasteiger partial charge on any atom is -0.452 e. The van der Waals surface area contributed by atoms with Crippen LogP contribution in [0.15, 0.2) is 47.4 Å². The highest BCUT2D eigenvalue weighted by atomic mass is 32.2. The van der Waals surface area contributed by atoms with E-state index in [9.17, 15) is 14.0 Å². The Kier molecular flexibility index (Phi) is 6.82. The quantitative estimate of drug-likeness (QED) is 0.343. The van der Waals surface area contributed by atoms with Gasteiger partial charge in [-0.1, -0.05) is 17.7 Å². The van der Waals surface area contributed by atoms with Crippen LogP contribution in [0.25, 0.3) is 0 Å². The van der Waals surface area contributed by atoms with Gasteiger partial charge in [0.25, 0.3) is 5.91 Å². The third-order valence-electron chi connectivity index (χ3n) is 3.28. The van der Waals surface area contributed by atoms with Gasteiger partial charge in [-0.2, -0.15) is 0 Å². The summed E-state index contributed by atoms with van der Waals surface area (Å²) in [5.74, 6) is -1.01. The Morgan fingerprint density at radius 3 is 2.60 bits per heavy atom. The average molecular weight is 362 g/mol. The second-order valence-electron chi connectivity index (χ2n) is 5.32. The van der Waals surface area contributed by atoms with Gasteiger partial charge in [0.2, 0.25) is 0 Å². The monoisotopic (exact) mass is 362 g/mol. The molecule has 0 aliphatic rings. The van der Waals surface area contributed by atoms with Gasteiger partial charge in [0.05, 0.1) is 5.56 Å². The van der Waals surface area contributed by atoms with Crippen molar-refractivity contribution in [3.63, 3.8) is 0 Å². The van der Waals surface area contributed by atoms with Gasteiger partial charge in [0, 0.05) is 22.9 Å². The number of rotatable bonds is 7. The molecule has 0 bridgehead atoms. The van der Waals surface area contributed by atoms with Crippen molar-refractivity contribution >= 4 is 29.3 Å². The van der Waals surface area contributed by atoms with E-state index < -0.39 is 24.3 Å². The van der Waals surface area contributed by atoms with E-state index in [0.717, 1.165) is 17.0 Å². The van der Waals surface area contributed by atoms with Crippen molar-refractivity contribution in [3.8, 4) is 0 Å². The van der Waals surface area contributed by atoms with Gasteiger partial charge in [-0.15, -0.1) is 11.8 Å². The fourth-order valence-electron chi connectivity index (χ4n) is 1.97. The van der Waals surface area contributed by atoms with Gasteiger partial charge < -0.3 is 15.8 Å². The Balaban J connectivity index is 1.68. The summed E-state index contributed by atoms with van der Waals surface area (Å²) in [4.78, 5) is 24.6. The van der Waals surface area contributed by atoms with Crippen LogP contribution in [0.5, 0.6) is 0 Å². The Bertz CT molecular complexity index is 750. The lowest BCUT2D eigenvalue weighted by atomic mass is 10.2. The predicted molar refractivity (Wildman–Crippen MR) is 96.0 cm³/mol. The number of esters is 1. The Morgan fingerprint density at radius 2 is 1.92 bits per heavy atom. The molecule has 2 aromatic rings. The lowest BCUT2D eigenvalue weighted by Gasteiger charge is -2.08. The molecular weight excluding hydrogens is 343 g/mol. The maximum absolute atomic E-state index is 12.9. The molecule has 0 aliphatic heterocycles. The maximum Gasteiger partial charge on any atom is 0.340 e. The number of carbonyl (C=O) groups is 2. The Morgan fingerprint density at radius 1 is 1.20 bits per heavy atom. The number of nitrogen functional groups attached to an aromatic ring is 1. The number of carbonyl (C=O) groups excluding carboxylic acids is 2. The number of anilines is 1. The van der Waals surface area contributed by atoms with Crippen LogP contribution in [0.4, 0.5) is 10.1 Å². The van der Waals surface area contributed by atoms with Crippen molar-refractivity contribution in [2.45, 2.75) is 11.8 Å². The zero-order valence-corrected chi connectivity index (χ0v) is 14.6. The zero-order valence-electron chi connectivity index (χ0n) is 13.8. The van der Waals surface area contributed by atoms with Gasteiger partial charge in [-0.25, -0.2) is 9.18 Å². The van der Waals surface area contributed by atoms with Crippen LogP contribution in [0.2, 0.25) is 0 Å².